The van der Waals surface area contributed by atoms with Crippen molar-refractivity contribution >= 4 is 11.8 Å². The van der Waals surface area contributed by atoms with Gasteiger partial charge in [-0.15, -0.1) is 0 Å². The van der Waals surface area contributed by atoms with Crippen molar-refractivity contribution < 1.29 is 0 Å². The van der Waals surface area contributed by atoms with E-state index in [0.29, 0.717) is 0 Å². The Morgan fingerprint density at radius 3 is 3.00 bits per heavy atom. The third-order valence-electron chi connectivity index (χ3n) is 2.71. The number of thioether (sulfide) groups is 1. The fourth-order valence-corrected chi connectivity index (χ4v) is 2.28. The van der Waals surface area contributed by atoms with Gasteiger partial charge >= 0.3 is 0 Å². The molecule has 1 N–H and O–H groups in total. The van der Waals surface area contributed by atoms with Crippen molar-refractivity contribution in [2.45, 2.75) is 38.5 Å². The van der Waals surface area contributed by atoms with Gasteiger partial charge in [-0.1, -0.05) is 11.6 Å². The largest absolute Gasteiger partial charge is 0.316 e. The molecule has 0 radical (unpaired) electrons. The minimum Gasteiger partial charge on any atom is -0.316 e. The molecule has 0 aromatic heterocycles. The molecule has 1 aliphatic carbocycles. The normalized spacial score (nSPS) is 16.8. The van der Waals surface area contributed by atoms with Gasteiger partial charge in [-0.05, 0) is 63.6 Å². The zero-order chi connectivity index (χ0) is 10.1. The molecule has 0 amide bonds. The molecule has 0 aromatic carbocycles. The monoisotopic (exact) mass is 213 g/mol. The molecule has 1 rings (SSSR count). The fraction of sp³-hybridized carbons (Fsp3) is 0.833. The molecule has 1 aliphatic rings. The highest BCUT2D eigenvalue weighted by Gasteiger charge is 2.02. The average molecular weight is 213 g/mol. The van der Waals surface area contributed by atoms with Gasteiger partial charge in [0.15, 0.2) is 0 Å². The maximum absolute atomic E-state index is 3.51. The third kappa shape index (κ3) is 5.71. The topological polar surface area (TPSA) is 12.0 Å². The van der Waals surface area contributed by atoms with Crippen LogP contribution in [0.4, 0.5) is 0 Å². The summed E-state index contributed by atoms with van der Waals surface area (Å²) in [5, 5.41) is 3.51. The predicted molar refractivity (Wildman–Crippen MR) is 67.0 cm³/mol. The summed E-state index contributed by atoms with van der Waals surface area (Å²) in [5.41, 5.74) is 1.69. The summed E-state index contributed by atoms with van der Waals surface area (Å²) in [6.07, 6.45) is 12.7. The van der Waals surface area contributed by atoms with Gasteiger partial charge in [0, 0.05) is 0 Å². The van der Waals surface area contributed by atoms with E-state index < -0.39 is 0 Å². The van der Waals surface area contributed by atoms with Crippen LogP contribution in [0.2, 0.25) is 0 Å². The molecule has 1 nitrogen and oxygen atoms in total. The fourth-order valence-electron chi connectivity index (χ4n) is 1.85. The van der Waals surface area contributed by atoms with E-state index in [2.05, 4.69) is 17.6 Å². The number of rotatable bonds is 7. The second-order valence-electron chi connectivity index (χ2n) is 3.95. The van der Waals surface area contributed by atoms with Crippen molar-refractivity contribution in [1.82, 2.24) is 5.32 Å². The average Bonchev–Trinajstić information content (AvgIpc) is 2.25. The van der Waals surface area contributed by atoms with Gasteiger partial charge in [0.2, 0.25) is 0 Å². The van der Waals surface area contributed by atoms with Crippen LogP contribution in [0.15, 0.2) is 11.6 Å². The van der Waals surface area contributed by atoms with E-state index in [1.54, 1.807) is 5.57 Å². The first-order valence-corrected chi connectivity index (χ1v) is 7.20. The van der Waals surface area contributed by atoms with Gasteiger partial charge in [-0.3, -0.25) is 0 Å². The molecule has 0 saturated heterocycles. The molecule has 2 heteroatoms. The summed E-state index contributed by atoms with van der Waals surface area (Å²) in [6.45, 7) is 2.37. The molecule has 0 heterocycles. The van der Waals surface area contributed by atoms with E-state index in [1.165, 1.54) is 57.4 Å². The molecule has 0 unspecified atom stereocenters. The lowest BCUT2D eigenvalue weighted by Gasteiger charge is -2.12. The maximum Gasteiger partial charge on any atom is -0.00116 e. The summed E-state index contributed by atoms with van der Waals surface area (Å²) in [5.74, 6) is 1.29. The Hall–Kier alpha value is 0.0500. The Labute approximate surface area is 92.7 Å². The third-order valence-corrected chi connectivity index (χ3v) is 3.41. The van der Waals surface area contributed by atoms with Crippen molar-refractivity contribution in [2.75, 3.05) is 25.1 Å². The van der Waals surface area contributed by atoms with Crippen LogP contribution in [0.5, 0.6) is 0 Å². The Balaban J connectivity index is 1.90. The molecule has 82 valence electrons. The van der Waals surface area contributed by atoms with Crippen LogP contribution in [0.3, 0.4) is 0 Å². The second-order valence-corrected chi connectivity index (χ2v) is 4.94. The molecule has 14 heavy (non-hydrogen) atoms. The zero-order valence-electron chi connectivity index (χ0n) is 9.35. The van der Waals surface area contributed by atoms with Crippen LogP contribution in [-0.4, -0.2) is 25.1 Å². The molecule has 0 fully saturated rings. The van der Waals surface area contributed by atoms with E-state index in [1.807, 2.05) is 11.8 Å². The Kier molecular flexibility index (Phi) is 7.24. The highest BCUT2D eigenvalue weighted by atomic mass is 32.2. The van der Waals surface area contributed by atoms with Crippen molar-refractivity contribution in [1.29, 1.82) is 0 Å². The number of hydrogen-bond donors (Lipinski definition) is 1. The van der Waals surface area contributed by atoms with Crippen molar-refractivity contribution in [3.05, 3.63) is 11.6 Å². The van der Waals surface area contributed by atoms with Crippen molar-refractivity contribution in [3.8, 4) is 0 Å². The highest BCUT2D eigenvalue weighted by Crippen LogP contribution is 2.19. The van der Waals surface area contributed by atoms with Gasteiger partial charge < -0.3 is 5.32 Å². The zero-order valence-corrected chi connectivity index (χ0v) is 10.2. The van der Waals surface area contributed by atoms with Crippen molar-refractivity contribution in [3.63, 3.8) is 0 Å². The van der Waals surface area contributed by atoms with E-state index in [9.17, 15) is 0 Å². The standard InChI is InChI=1S/C12H23NS/c1-14-11-5-9-13-10-8-12-6-3-2-4-7-12/h6,13H,2-5,7-11H2,1H3. The summed E-state index contributed by atoms with van der Waals surface area (Å²) >= 11 is 1.94. The van der Waals surface area contributed by atoms with Crippen LogP contribution in [0.25, 0.3) is 0 Å². The maximum atomic E-state index is 3.51. The highest BCUT2D eigenvalue weighted by molar-refractivity contribution is 7.98. The lowest BCUT2D eigenvalue weighted by molar-refractivity contribution is 0.629. The molecular formula is C12H23NS. The van der Waals surface area contributed by atoms with E-state index in [-0.39, 0.29) is 0 Å². The van der Waals surface area contributed by atoms with Gasteiger partial charge in [-0.25, -0.2) is 0 Å². The first-order valence-electron chi connectivity index (χ1n) is 5.81. The lowest BCUT2D eigenvalue weighted by Crippen LogP contribution is -2.18. The van der Waals surface area contributed by atoms with Gasteiger partial charge in [0.25, 0.3) is 0 Å². The molecule has 0 saturated carbocycles. The van der Waals surface area contributed by atoms with E-state index in [0.717, 1.165) is 0 Å². The van der Waals surface area contributed by atoms with Gasteiger partial charge in [0.05, 0.1) is 0 Å². The van der Waals surface area contributed by atoms with Gasteiger partial charge in [0.1, 0.15) is 0 Å². The second kappa shape index (κ2) is 8.37. The number of nitrogens with one attached hydrogen (secondary N) is 1. The molecule has 0 bridgehead atoms. The molecule has 0 aromatic rings. The first kappa shape index (κ1) is 12.1. The number of hydrogen-bond acceptors (Lipinski definition) is 2. The van der Waals surface area contributed by atoms with Crippen LogP contribution < -0.4 is 5.32 Å². The lowest BCUT2D eigenvalue weighted by atomic mass is 9.97. The Morgan fingerprint density at radius 1 is 1.36 bits per heavy atom. The molecule has 0 spiro atoms. The number of allylic oxidation sites excluding steroid dienone is 1. The van der Waals surface area contributed by atoms with Gasteiger partial charge in [-0.2, -0.15) is 11.8 Å². The quantitative estimate of drug-likeness (QED) is 0.515. The molecule has 0 atom stereocenters. The summed E-state index contributed by atoms with van der Waals surface area (Å²) in [4.78, 5) is 0. The van der Waals surface area contributed by atoms with Crippen molar-refractivity contribution in [2.24, 2.45) is 0 Å². The smallest absolute Gasteiger partial charge is 0.00116 e. The van der Waals surface area contributed by atoms with Crippen LogP contribution in [0, 0.1) is 0 Å². The SMILES string of the molecule is CSCCCNCCC1=CCCCC1. The van der Waals surface area contributed by atoms with Crippen LogP contribution in [-0.2, 0) is 0 Å². The molecule has 0 aliphatic heterocycles. The van der Waals surface area contributed by atoms with E-state index >= 15 is 0 Å². The van der Waals surface area contributed by atoms with E-state index in [4.69, 9.17) is 0 Å². The summed E-state index contributed by atoms with van der Waals surface area (Å²) < 4.78 is 0. The summed E-state index contributed by atoms with van der Waals surface area (Å²) in [6, 6.07) is 0. The first-order chi connectivity index (χ1) is 6.93. The predicted octanol–water partition coefficient (Wildman–Crippen LogP) is 3.22. The molecular weight excluding hydrogens is 190 g/mol. The minimum absolute atomic E-state index is 1.18. The Bertz CT molecular complexity index is 166. The van der Waals surface area contributed by atoms with Crippen LogP contribution >= 0.6 is 11.8 Å². The minimum atomic E-state index is 1.18. The summed E-state index contributed by atoms with van der Waals surface area (Å²) in [7, 11) is 0. The Morgan fingerprint density at radius 2 is 2.29 bits per heavy atom. The van der Waals surface area contributed by atoms with Crippen LogP contribution in [0.1, 0.15) is 38.5 Å².